The molecule has 1 atom stereocenters. The first-order chi connectivity index (χ1) is 14.2. The number of aromatic nitrogens is 1. The van der Waals surface area contributed by atoms with Crippen molar-refractivity contribution in [2.75, 3.05) is 5.32 Å². The number of benzene rings is 2. The van der Waals surface area contributed by atoms with Crippen molar-refractivity contribution < 1.29 is 0 Å². The molecule has 0 aliphatic rings. The van der Waals surface area contributed by atoms with E-state index in [-0.39, 0.29) is 6.04 Å². The molecule has 3 aromatic rings. The maximum Gasteiger partial charge on any atom is 0.0849 e. The van der Waals surface area contributed by atoms with Crippen LogP contribution in [0.4, 0.5) is 11.4 Å². The molecule has 1 N–H and O–H groups in total. The van der Waals surface area contributed by atoms with E-state index in [0.717, 1.165) is 55.8 Å². The molecule has 2 aromatic carbocycles. The number of nitrogens with one attached hydrogen (secondary N) is 1. The maximum absolute atomic E-state index is 6.46. The molecule has 3 nitrogen and oxygen atoms in total. The highest BCUT2D eigenvalue weighted by atomic mass is 35.5. The van der Waals surface area contributed by atoms with E-state index in [2.05, 4.69) is 31.3 Å². The molecular weight excluding hydrogens is 413 g/mol. The number of hydrogen-bond acceptors (Lipinski definition) is 3. The number of aryl methyl sites for hydroxylation is 4. The van der Waals surface area contributed by atoms with Crippen LogP contribution >= 0.6 is 23.2 Å². The van der Waals surface area contributed by atoms with Crippen molar-refractivity contribution in [2.45, 2.75) is 47.6 Å². The highest BCUT2D eigenvalue weighted by molar-refractivity contribution is 6.33. The van der Waals surface area contributed by atoms with E-state index in [1.165, 1.54) is 0 Å². The monoisotopic (exact) mass is 439 g/mol. The molecule has 3 rings (SSSR count). The van der Waals surface area contributed by atoms with E-state index >= 15 is 0 Å². The molecule has 156 valence electrons. The molecule has 0 amide bonds. The van der Waals surface area contributed by atoms with Crippen LogP contribution in [0.2, 0.25) is 10.0 Å². The van der Waals surface area contributed by atoms with E-state index in [0.29, 0.717) is 5.02 Å². The van der Waals surface area contributed by atoms with E-state index in [1.807, 2.05) is 58.0 Å². The van der Waals surface area contributed by atoms with Crippen LogP contribution in [-0.4, -0.2) is 10.7 Å². The van der Waals surface area contributed by atoms with Gasteiger partial charge in [-0.2, -0.15) is 0 Å². The van der Waals surface area contributed by atoms with Crippen LogP contribution in [0.5, 0.6) is 0 Å². The second-order valence-electron chi connectivity index (χ2n) is 7.86. The van der Waals surface area contributed by atoms with Gasteiger partial charge in [0.1, 0.15) is 0 Å². The van der Waals surface area contributed by atoms with Crippen LogP contribution in [0.25, 0.3) is 0 Å². The fourth-order valence-corrected chi connectivity index (χ4v) is 4.30. The molecule has 30 heavy (non-hydrogen) atoms. The Morgan fingerprint density at radius 2 is 1.57 bits per heavy atom. The number of pyridine rings is 1. The molecule has 0 saturated carbocycles. The Morgan fingerprint density at radius 1 is 0.933 bits per heavy atom. The Balaban J connectivity index is 1.89. The molecule has 0 spiro atoms. The first kappa shape index (κ1) is 22.3. The quantitative estimate of drug-likeness (QED) is 0.409. The third kappa shape index (κ3) is 5.03. The number of anilines is 1. The number of hydrogen-bond donors (Lipinski definition) is 1. The summed E-state index contributed by atoms with van der Waals surface area (Å²) in [5.41, 5.74) is 8.73. The second kappa shape index (κ2) is 9.20. The fourth-order valence-electron chi connectivity index (χ4n) is 3.56. The Kier molecular flexibility index (Phi) is 6.84. The average molecular weight is 440 g/mol. The van der Waals surface area contributed by atoms with Gasteiger partial charge < -0.3 is 5.32 Å². The normalized spacial score (nSPS) is 12.7. The lowest BCUT2D eigenvalue weighted by molar-refractivity contribution is 0.835. The minimum absolute atomic E-state index is 0.0126. The summed E-state index contributed by atoms with van der Waals surface area (Å²) >= 11 is 12.9. The van der Waals surface area contributed by atoms with Crippen LogP contribution in [0, 0.1) is 27.7 Å². The van der Waals surface area contributed by atoms with Crippen LogP contribution in [-0.2, 0) is 0 Å². The van der Waals surface area contributed by atoms with Crippen molar-refractivity contribution in [3.63, 3.8) is 0 Å². The first-order valence-corrected chi connectivity index (χ1v) is 10.7. The van der Waals surface area contributed by atoms with Gasteiger partial charge in [0.25, 0.3) is 0 Å². The fraction of sp³-hybridized carbons (Fsp3) is 0.280. The molecule has 0 aliphatic heterocycles. The van der Waals surface area contributed by atoms with Gasteiger partial charge in [0.2, 0.25) is 0 Å². The maximum atomic E-state index is 6.46. The smallest absolute Gasteiger partial charge is 0.0849 e. The number of halogens is 2. The molecule has 1 aromatic heterocycles. The van der Waals surface area contributed by atoms with Gasteiger partial charge in [0.15, 0.2) is 0 Å². The van der Waals surface area contributed by atoms with Gasteiger partial charge in [0.05, 0.1) is 44.6 Å². The van der Waals surface area contributed by atoms with E-state index in [4.69, 9.17) is 33.2 Å². The van der Waals surface area contributed by atoms with Crippen molar-refractivity contribution in [1.29, 1.82) is 0 Å². The van der Waals surface area contributed by atoms with Gasteiger partial charge >= 0.3 is 0 Å². The predicted octanol–water partition coefficient (Wildman–Crippen LogP) is 7.94. The van der Waals surface area contributed by atoms with Crippen LogP contribution in [0.3, 0.4) is 0 Å². The van der Waals surface area contributed by atoms with Crippen LogP contribution in [0.1, 0.15) is 53.5 Å². The summed E-state index contributed by atoms with van der Waals surface area (Å²) in [6.45, 7) is 12.2. The third-order valence-corrected chi connectivity index (χ3v) is 5.64. The number of aliphatic imine (C=N–C) groups is 1. The van der Waals surface area contributed by atoms with E-state index in [9.17, 15) is 0 Å². The Morgan fingerprint density at radius 3 is 2.20 bits per heavy atom. The molecule has 0 radical (unpaired) electrons. The number of rotatable bonds is 5. The zero-order chi connectivity index (χ0) is 22.0. The highest BCUT2D eigenvalue weighted by Crippen LogP contribution is 2.32. The summed E-state index contributed by atoms with van der Waals surface area (Å²) in [7, 11) is 0. The van der Waals surface area contributed by atoms with Gasteiger partial charge in [-0.15, -0.1) is 0 Å². The predicted molar refractivity (Wildman–Crippen MR) is 130 cm³/mol. The standard InChI is InChI=1S/C25H27Cl2N3/c1-14-10-16(3)24(20(26)12-14)28-18(5)22-8-7-9-23(30-22)19(6)29-25-17(4)11-15(2)13-21(25)27/h7-13,18,28H,1-6H3. The second-order valence-corrected chi connectivity index (χ2v) is 8.68. The van der Waals surface area contributed by atoms with Gasteiger partial charge in [-0.3, -0.25) is 0 Å². The largest absolute Gasteiger partial charge is 0.376 e. The lowest BCUT2D eigenvalue weighted by Gasteiger charge is -2.19. The van der Waals surface area contributed by atoms with Gasteiger partial charge in [0, 0.05) is 0 Å². The SMILES string of the molecule is CC(=Nc1c(C)cc(C)cc1Cl)c1cccc(C(C)Nc2c(C)cc(C)cc2Cl)n1. The zero-order valence-corrected chi connectivity index (χ0v) is 19.8. The molecular formula is C25H27Cl2N3. The van der Waals surface area contributed by atoms with Crippen LogP contribution in [0.15, 0.2) is 47.5 Å². The van der Waals surface area contributed by atoms with Crippen molar-refractivity contribution in [3.8, 4) is 0 Å². The van der Waals surface area contributed by atoms with Crippen molar-refractivity contribution in [1.82, 2.24) is 4.98 Å². The molecule has 0 aliphatic carbocycles. The minimum atomic E-state index is -0.0126. The summed E-state index contributed by atoms with van der Waals surface area (Å²) in [5.74, 6) is 0. The lowest BCUT2D eigenvalue weighted by Crippen LogP contribution is -2.12. The minimum Gasteiger partial charge on any atom is -0.376 e. The Hall–Kier alpha value is -2.36. The summed E-state index contributed by atoms with van der Waals surface area (Å²) in [6.07, 6.45) is 0. The molecule has 0 fully saturated rings. The van der Waals surface area contributed by atoms with Gasteiger partial charge in [-0.1, -0.05) is 41.4 Å². The van der Waals surface area contributed by atoms with Crippen LogP contribution < -0.4 is 5.32 Å². The number of nitrogens with zero attached hydrogens (tertiary/aromatic N) is 2. The molecule has 0 bridgehead atoms. The molecule has 5 heteroatoms. The summed E-state index contributed by atoms with van der Waals surface area (Å²) in [6, 6.07) is 14.1. The van der Waals surface area contributed by atoms with Crippen molar-refractivity contribution in [3.05, 3.63) is 86.2 Å². The van der Waals surface area contributed by atoms with E-state index in [1.54, 1.807) is 0 Å². The summed E-state index contributed by atoms with van der Waals surface area (Å²) in [5, 5.41) is 4.88. The van der Waals surface area contributed by atoms with Gasteiger partial charge in [-0.25, -0.2) is 9.98 Å². The zero-order valence-electron chi connectivity index (χ0n) is 18.3. The molecule has 0 saturated heterocycles. The Labute approximate surface area is 189 Å². The lowest BCUT2D eigenvalue weighted by atomic mass is 10.1. The van der Waals surface area contributed by atoms with Crippen molar-refractivity contribution in [2.24, 2.45) is 4.99 Å². The summed E-state index contributed by atoms with van der Waals surface area (Å²) in [4.78, 5) is 9.61. The Bertz CT molecular complexity index is 1070. The average Bonchev–Trinajstić information content (AvgIpc) is 2.67. The molecule has 1 unspecified atom stereocenters. The summed E-state index contributed by atoms with van der Waals surface area (Å²) < 4.78 is 0. The first-order valence-electron chi connectivity index (χ1n) is 9.98. The topological polar surface area (TPSA) is 37.3 Å². The molecule has 1 heterocycles. The van der Waals surface area contributed by atoms with Crippen molar-refractivity contribution >= 4 is 40.3 Å². The van der Waals surface area contributed by atoms with E-state index < -0.39 is 0 Å². The third-order valence-electron chi connectivity index (χ3n) is 5.06. The highest BCUT2D eigenvalue weighted by Gasteiger charge is 2.13. The van der Waals surface area contributed by atoms with Gasteiger partial charge in [-0.05, 0) is 88.1 Å².